The van der Waals surface area contributed by atoms with Gasteiger partial charge in [0.2, 0.25) is 0 Å². The maximum absolute atomic E-state index is 9.68. The van der Waals surface area contributed by atoms with E-state index in [1.54, 1.807) is 6.07 Å². The van der Waals surface area contributed by atoms with Crippen LogP contribution >= 0.6 is 11.6 Å². The Morgan fingerprint density at radius 2 is 2.18 bits per heavy atom. The normalized spacial score (nSPS) is 11.1. The summed E-state index contributed by atoms with van der Waals surface area (Å²) in [5.74, 6) is 0.167. The molecule has 0 aliphatic heterocycles. The molecule has 2 N–H and O–H groups in total. The number of nitrogens with one attached hydrogen (secondary N) is 1. The van der Waals surface area contributed by atoms with Crippen LogP contribution in [0.4, 0.5) is 0 Å². The molecule has 0 spiro atoms. The fraction of sp³-hybridized carbons (Fsp3) is 0.538. The van der Waals surface area contributed by atoms with E-state index in [9.17, 15) is 5.11 Å². The van der Waals surface area contributed by atoms with Crippen LogP contribution < -0.4 is 5.32 Å². The molecule has 3 nitrogen and oxygen atoms in total. The topological polar surface area (TPSA) is 41.5 Å². The van der Waals surface area contributed by atoms with Crippen LogP contribution in [0.5, 0.6) is 5.75 Å². The molecule has 0 amide bonds. The summed E-state index contributed by atoms with van der Waals surface area (Å²) in [4.78, 5) is 0. The van der Waals surface area contributed by atoms with Crippen molar-refractivity contribution in [3.63, 3.8) is 0 Å². The minimum Gasteiger partial charge on any atom is -0.506 e. The highest BCUT2D eigenvalue weighted by molar-refractivity contribution is 6.32. The maximum Gasteiger partial charge on any atom is 0.138 e. The van der Waals surface area contributed by atoms with Crippen molar-refractivity contribution in [3.05, 3.63) is 28.8 Å². The molecule has 17 heavy (non-hydrogen) atoms. The van der Waals surface area contributed by atoms with Gasteiger partial charge in [-0.1, -0.05) is 23.7 Å². The van der Waals surface area contributed by atoms with Crippen molar-refractivity contribution in [1.82, 2.24) is 5.32 Å². The van der Waals surface area contributed by atoms with Gasteiger partial charge in [0.25, 0.3) is 0 Å². The molecule has 96 valence electrons. The summed E-state index contributed by atoms with van der Waals surface area (Å²) in [7, 11) is 0. The van der Waals surface area contributed by atoms with Crippen LogP contribution in [0.2, 0.25) is 5.02 Å². The molecule has 0 bridgehead atoms. The van der Waals surface area contributed by atoms with Gasteiger partial charge in [-0.15, -0.1) is 0 Å². The first-order valence-corrected chi connectivity index (χ1v) is 6.27. The van der Waals surface area contributed by atoms with Crippen LogP contribution in [0.1, 0.15) is 25.8 Å². The Morgan fingerprint density at radius 1 is 1.41 bits per heavy atom. The number of hydrogen-bond acceptors (Lipinski definition) is 3. The Balaban J connectivity index is 2.20. The summed E-state index contributed by atoms with van der Waals surface area (Å²) in [5, 5.41) is 13.3. The number of halogens is 1. The molecule has 0 atom stereocenters. The van der Waals surface area contributed by atoms with Crippen molar-refractivity contribution < 1.29 is 9.84 Å². The Morgan fingerprint density at radius 3 is 2.88 bits per heavy atom. The second-order valence-corrected chi connectivity index (χ2v) is 4.60. The Labute approximate surface area is 108 Å². The first-order chi connectivity index (χ1) is 8.11. The molecule has 0 saturated heterocycles. The highest BCUT2D eigenvalue weighted by Gasteiger charge is 2.03. The standard InChI is InChI=1S/C13H20ClNO2/c1-10(2)17-8-4-7-15-9-11-5-3-6-12(14)13(11)16/h3,5-6,10,15-16H,4,7-9H2,1-2H3. The van der Waals surface area contributed by atoms with Gasteiger partial charge in [0.1, 0.15) is 5.75 Å². The number of rotatable bonds is 7. The Hall–Kier alpha value is -0.770. The zero-order chi connectivity index (χ0) is 12.7. The molecule has 0 unspecified atom stereocenters. The molecule has 0 radical (unpaired) electrons. The molecule has 4 heteroatoms. The maximum atomic E-state index is 9.68. The van der Waals surface area contributed by atoms with Gasteiger partial charge < -0.3 is 15.2 Å². The van der Waals surface area contributed by atoms with E-state index in [1.165, 1.54) is 0 Å². The number of benzene rings is 1. The molecule has 0 heterocycles. The first kappa shape index (κ1) is 14.3. The average Bonchev–Trinajstić information content (AvgIpc) is 2.28. The summed E-state index contributed by atoms with van der Waals surface area (Å²) in [6.07, 6.45) is 1.24. The molecular formula is C13H20ClNO2. The van der Waals surface area contributed by atoms with Crippen LogP contribution in [0, 0.1) is 0 Å². The Bertz CT molecular complexity index is 342. The van der Waals surface area contributed by atoms with Gasteiger partial charge in [-0.05, 0) is 32.9 Å². The molecule has 1 aromatic rings. The van der Waals surface area contributed by atoms with E-state index in [-0.39, 0.29) is 11.9 Å². The summed E-state index contributed by atoms with van der Waals surface area (Å²) in [6.45, 7) is 6.29. The van der Waals surface area contributed by atoms with Crippen molar-refractivity contribution >= 4 is 11.6 Å². The fourth-order valence-corrected chi connectivity index (χ4v) is 1.64. The number of phenols is 1. The zero-order valence-corrected chi connectivity index (χ0v) is 11.1. The molecule has 0 aliphatic rings. The van der Waals surface area contributed by atoms with Gasteiger partial charge in [-0.25, -0.2) is 0 Å². The minimum atomic E-state index is 0.167. The van der Waals surface area contributed by atoms with Crippen LogP contribution in [-0.2, 0) is 11.3 Å². The van der Waals surface area contributed by atoms with E-state index in [0.717, 1.165) is 25.1 Å². The van der Waals surface area contributed by atoms with E-state index in [2.05, 4.69) is 5.32 Å². The first-order valence-electron chi connectivity index (χ1n) is 5.90. The van der Waals surface area contributed by atoms with Crippen LogP contribution in [0.25, 0.3) is 0 Å². The zero-order valence-electron chi connectivity index (χ0n) is 10.4. The quantitative estimate of drug-likeness (QED) is 0.738. The predicted molar refractivity (Wildman–Crippen MR) is 70.5 cm³/mol. The molecular weight excluding hydrogens is 238 g/mol. The van der Waals surface area contributed by atoms with Crippen molar-refractivity contribution in [2.24, 2.45) is 0 Å². The highest BCUT2D eigenvalue weighted by atomic mass is 35.5. The lowest BCUT2D eigenvalue weighted by Gasteiger charge is -2.09. The van der Waals surface area contributed by atoms with E-state index in [4.69, 9.17) is 16.3 Å². The van der Waals surface area contributed by atoms with Gasteiger partial charge in [0.05, 0.1) is 11.1 Å². The van der Waals surface area contributed by atoms with Crippen LogP contribution in [0.15, 0.2) is 18.2 Å². The number of ether oxygens (including phenoxy) is 1. The molecule has 1 rings (SSSR count). The molecule has 0 fully saturated rings. The summed E-state index contributed by atoms with van der Waals surface area (Å²) >= 11 is 5.81. The molecule has 0 aromatic heterocycles. The SMILES string of the molecule is CC(C)OCCCNCc1cccc(Cl)c1O. The van der Waals surface area contributed by atoms with Gasteiger partial charge in [0, 0.05) is 18.7 Å². The number of hydrogen-bond donors (Lipinski definition) is 2. The Kier molecular flexibility index (Phi) is 6.34. The fourth-order valence-electron chi connectivity index (χ4n) is 1.44. The third-order valence-corrected chi connectivity index (χ3v) is 2.64. The van der Waals surface area contributed by atoms with Gasteiger partial charge in [0.15, 0.2) is 0 Å². The van der Waals surface area contributed by atoms with Crippen LogP contribution in [0.3, 0.4) is 0 Å². The van der Waals surface area contributed by atoms with Crippen molar-refractivity contribution in [2.45, 2.75) is 32.9 Å². The monoisotopic (exact) mass is 257 g/mol. The van der Waals surface area contributed by atoms with E-state index in [0.29, 0.717) is 11.6 Å². The molecule has 1 aromatic carbocycles. The number of phenolic OH excluding ortho intramolecular Hbond substituents is 1. The van der Waals surface area contributed by atoms with Crippen LogP contribution in [-0.4, -0.2) is 24.4 Å². The second-order valence-electron chi connectivity index (χ2n) is 4.20. The smallest absolute Gasteiger partial charge is 0.138 e. The van der Waals surface area contributed by atoms with Crippen molar-refractivity contribution in [1.29, 1.82) is 0 Å². The van der Waals surface area contributed by atoms with E-state index in [1.807, 2.05) is 26.0 Å². The molecule has 0 saturated carbocycles. The largest absolute Gasteiger partial charge is 0.506 e. The third-order valence-electron chi connectivity index (χ3n) is 2.33. The van der Waals surface area contributed by atoms with Crippen molar-refractivity contribution in [3.8, 4) is 5.75 Å². The summed E-state index contributed by atoms with van der Waals surface area (Å²) < 4.78 is 5.43. The summed E-state index contributed by atoms with van der Waals surface area (Å²) in [5.41, 5.74) is 0.822. The predicted octanol–water partition coefficient (Wildman–Crippen LogP) is 2.95. The molecule has 0 aliphatic carbocycles. The summed E-state index contributed by atoms with van der Waals surface area (Å²) in [6, 6.07) is 5.37. The van der Waals surface area contributed by atoms with Crippen molar-refractivity contribution in [2.75, 3.05) is 13.2 Å². The van der Waals surface area contributed by atoms with Gasteiger partial charge >= 0.3 is 0 Å². The van der Waals surface area contributed by atoms with E-state index >= 15 is 0 Å². The minimum absolute atomic E-state index is 0.167. The van der Waals surface area contributed by atoms with Gasteiger partial charge in [-0.2, -0.15) is 0 Å². The lowest BCUT2D eigenvalue weighted by atomic mass is 10.2. The highest BCUT2D eigenvalue weighted by Crippen LogP contribution is 2.26. The third kappa shape index (κ3) is 5.39. The number of aromatic hydroxyl groups is 1. The lowest BCUT2D eigenvalue weighted by Crippen LogP contribution is -2.17. The lowest BCUT2D eigenvalue weighted by molar-refractivity contribution is 0.0770. The average molecular weight is 258 g/mol. The van der Waals surface area contributed by atoms with Gasteiger partial charge in [-0.3, -0.25) is 0 Å². The number of para-hydroxylation sites is 1. The second kappa shape index (κ2) is 7.54. The van der Waals surface area contributed by atoms with E-state index < -0.39 is 0 Å².